The molecule has 2 rings (SSSR count). The molecule has 0 bridgehead atoms. The number of esters is 1. The van der Waals surface area contributed by atoms with Gasteiger partial charge in [-0.15, -0.1) is 0 Å². The molecule has 0 aliphatic carbocycles. The second kappa shape index (κ2) is 11.9. The van der Waals surface area contributed by atoms with E-state index in [-0.39, 0.29) is 17.9 Å². The summed E-state index contributed by atoms with van der Waals surface area (Å²) in [6.07, 6.45) is 0. The third-order valence-corrected chi connectivity index (χ3v) is 4.79. The molecular formula is C25H32N2O5. The van der Waals surface area contributed by atoms with Crippen molar-refractivity contribution >= 4 is 23.5 Å². The fraction of sp³-hybridized carbons (Fsp3) is 0.400. The second-order valence-corrected chi connectivity index (χ2v) is 7.95. The smallest absolute Gasteiger partial charge is 0.329 e. The number of carbonyl (C=O) groups excluding carboxylic acids is 3. The SMILES string of the molecule is CCOc1ccc(C(=O)NC(C(=O)OCC(=O)N(c2ccccc2)C(C)C)C(C)C)cc1. The van der Waals surface area contributed by atoms with Crippen LogP contribution >= 0.6 is 0 Å². The molecule has 0 fully saturated rings. The number of hydrogen-bond acceptors (Lipinski definition) is 5. The van der Waals surface area contributed by atoms with Crippen LogP contribution in [0.3, 0.4) is 0 Å². The molecule has 2 aromatic rings. The number of para-hydroxylation sites is 1. The Labute approximate surface area is 189 Å². The van der Waals surface area contributed by atoms with Crippen molar-refractivity contribution in [3.8, 4) is 5.75 Å². The van der Waals surface area contributed by atoms with E-state index in [0.717, 1.165) is 5.69 Å². The zero-order valence-corrected chi connectivity index (χ0v) is 19.3. The Morgan fingerprint density at radius 3 is 2.09 bits per heavy atom. The number of nitrogens with one attached hydrogen (secondary N) is 1. The first-order valence-electron chi connectivity index (χ1n) is 10.8. The average Bonchev–Trinajstić information content (AvgIpc) is 2.76. The second-order valence-electron chi connectivity index (χ2n) is 7.95. The molecular weight excluding hydrogens is 408 g/mol. The van der Waals surface area contributed by atoms with Gasteiger partial charge in [-0.25, -0.2) is 4.79 Å². The van der Waals surface area contributed by atoms with Crippen LogP contribution in [0, 0.1) is 5.92 Å². The molecule has 1 N–H and O–H groups in total. The number of hydrogen-bond donors (Lipinski definition) is 1. The summed E-state index contributed by atoms with van der Waals surface area (Å²) in [4.78, 5) is 39.7. The minimum atomic E-state index is -0.883. The van der Waals surface area contributed by atoms with E-state index in [1.54, 1.807) is 43.0 Å². The van der Waals surface area contributed by atoms with Crippen LogP contribution in [0.25, 0.3) is 0 Å². The van der Waals surface area contributed by atoms with Crippen LogP contribution in [0.5, 0.6) is 5.75 Å². The Hall–Kier alpha value is -3.35. The lowest BCUT2D eigenvalue weighted by Gasteiger charge is -2.27. The highest BCUT2D eigenvalue weighted by Gasteiger charge is 2.28. The molecule has 2 aromatic carbocycles. The first-order valence-corrected chi connectivity index (χ1v) is 10.8. The molecule has 1 atom stereocenters. The maximum Gasteiger partial charge on any atom is 0.329 e. The van der Waals surface area contributed by atoms with Gasteiger partial charge in [0.2, 0.25) is 0 Å². The Morgan fingerprint density at radius 2 is 1.56 bits per heavy atom. The van der Waals surface area contributed by atoms with Gasteiger partial charge in [0, 0.05) is 17.3 Å². The Balaban J connectivity index is 2.01. The van der Waals surface area contributed by atoms with Gasteiger partial charge in [-0.05, 0) is 63.1 Å². The van der Waals surface area contributed by atoms with Crippen molar-refractivity contribution in [2.45, 2.75) is 46.7 Å². The summed E-state index contributed by atoms with van der Waals surface area (Å²) < 4.78 is 10.7. The van der Waals surface area contributed by atoms with Crippen molar-refractivity contribution in [2.24, 2.45) is 5.92 Å². The maximum atomic E-state index is 12.8. The van der Waals surface area contributed by atoms with Crippen LogP contribution in [0.1, 0.15) is 45.0 Å². The largest absolute Gasteiger partial charge is 0.494 e. The summed E-state index contributed by atoms with van der Waals surface area (Å²) in [5, 5.41) is 2.71. The maximum absolute atomic E-state index is 12.8. The van der Waals surface area contributed by atoms with E-state index in [1.165, 1.54) is 0 Å². The molecule has 7 heteroatoms. The van der Waals surface area contributed by atoms with Crippen LogP contribution in [0.2, 0.25) is 0 Å². The number of amides is 2. The van der Waals surface area contributed by atoms with Crippen molar-refractivity contribution in [3.05, 3.63) is 60.2 Å². The Kier molecular flexibility index (Phi) is 9.25. The summed E-state index contributed by atoms with van der Waals surface area (Å²) in [5.41, 5.74) is 1.13. The molecule has 0 heterocycles. The van der Waals surface area contributed by atoms with E-state index >= 15 is 0 Å². The standard InChI is InChI=1S/C25H32N2O5/c1-6-31-21-14-12-19(13-15-21)24(29)26-23(17(2)3)25(30)32-16-22(28)27(18(4)5)20-10-8-7-9-11-20/h7-15,17-18,23H,6,16H2,1-5H3,(H,26,29). The molecule has 0 saturated heterocycles. The van der Waals surface area contributed by atoms with Crippen LogP contribution in [-0.2, 0) is 14.3 Å². The summed E-state index contributed by atoms with van der Waals surface area (Å²) in [5.74, 6) is -0.942. The predicted octanol–water partition coefficient (Wildman–Crippen LogP) is 3.82. The van der Waals surface area contributed by atoms with Crippen LogP contribution in [-0.4, -0.2) is 43.1 Å². The minimum absolute atomic E-state index is 0.108. The Bertz CT molecular complexity index is 894. The van der Waals surface area contributed by atoms with Gasteiger partial charge in [0.05, 0.1) is 6.61 Å². The van der Waals surface area contributed by atoms with Gasteiger partial charge < -0.3 is 19.7 Å². The molecule has 0 aromatic heterocycles. The monoisotopic (exact) mass is 440 g/mol. The van der Waals surface area contributed by atoms with Crippen molar-refractivity contribution in [2.75, 3.05) is 18.1 Å². The molecule has 32 heavy (non-hydrogen) atoms. The molecule has 1 unspecified atom stereocenters. The number of benzene rings is 2. The van der Waals surface area contributed by atoms with Gasteiger partial charge in [-0.3, -0.25) is 9.59 Å². The van der Waals surface area contributed by atoms with E-state index in [4.69, 9.17) is 9.47 Å². The Morgan fingerprint density at radius 1 is 0.938 bits per heavy atom. The van der Waals surface area contributed by atoms with Crippen LogP contribution < -0.4 is 15.0 Å². The van der Waals surface area contributed by atoms with Gasteiger partial charge >= 0.3 is 5.97 Å². The lowest BCUT2D eigenvalue weighted by molar-refractivity contribution is -0.150. The number of anilines is 1. The quantitative estimate of drug-likeness (QED) is 0.568. The van der Waals surface area contributed by atoms with Gasteiger partial charge in [-0.1, -0.05) is 32.0 Å². The number of ether oxygens (including phenoxy) is 2. The van der Waals surface area contributed by atoms with E-state index in [9.17, 15) is 14.4 Å². The first kappa shape index (κ1) is 24.9. The van der Waals surface area contributed by atoms with Gasteiger partial charge in [0.15, 0.2) is 6.61 Å². The van der Waals surface area contributed by atoms with Crippen molar-refractivity contribution in [1.29, 1.82) is 0 Å². The number of rotatable bonds is 10. The topological polar surface area (TPSA) is 84.9 Å². The third kappa shape index (κ3) is 6.83. The zero-order valence-electron chi connectivity index (χ0n) is 19.3. The van der Waals surface area contributed by atoms with E-state index in [1.807, 2.05) is 51.1 Å². The van der Waals surface area contributed by atoms with Crippen LogP contribution in [0.15, 0.2) is 54.6 Å². The fourth-order valence-electron chi connectivity index (χ4n) is 3.20. The van der Waals surface area contributed by atoms with Crippen LogP contribution in [0.4, 0.5) is 5.69 Å². The highest BCUT2D eigenvalue weighted by molar-refractivity contribution is 5.98. The van der Waals surface area contributed by atoms with Crippen molar-refractivity contribution < 1.29 is 23.9 Å². The van der Waals surface area contributed by atoms with Gasteiger partial charge in [-0.2, -0.15) is 0 Å². The number of nitrogens with zero attached hydrogens (tertiary/aromatic N) is 1. The van der Waals surface area contributed by atoms with Crippen molar-refractivity contribution in [1.82, 2.24) is 5.32 Å². The minimum Gasteiger partial charge on any atom is -0.494 e. The highest BCUT2D eigenvalue weighted by Crippen LogP contribution is 2.17. The first-order chi connectivity index (χ1) is 15.2. The third-order valence-electron chi connectivity index (χ3n) is 4.79. The van der Waals surface area contributed by atoms with Gasteiger partial charge in [0.25, 0.3) is 11.8 Å². The summed E-state index contributed by atoms with van der Waals surface area (Å²) in [6, 6.07) is 14.9. The highest BCUT2D eigenvalue weighted by atomic mass is 16.5. The number of carbonyl (C=O) groups is 3. The molecule has 0 radical (unpaired) electrons. The van der Waals surface area contributed by atoms with E-state index < -0.39 is 24.5 Å². The normalized spacial score (nSPS) is 11.7. The van der Waals surface area contributed by atoms with E-state index in [2.05, 4.69) is 5.32 Å². The van der Waals surface area contributed by atoms with Gasteiger partial charge in [0.1, 0.15) is 11.8 Å². The molecule has 2 amide bonds. The molecule has 0 spiro atoms. The lowest BCUT2D eigenvalue weighted by atomic mass is 10.0. The van der Waals surface area contributed by atoms with Crippen molar-refractivity contribution in [3.63, 3.8) is 0 Å². The fourth-order valence-corrected chi connectivity index (χ4v) is 3.20. The van der Waals surface area contributed by atoms with E-state index in [0.29, 0.717) is 17.9 Å². The molecule has 172 valence electrons. The lowest BCUT2D eigenvalue weighted by Crippen LogP contribution is -2.47. The zero-order chi connectivity index (χ0) is 23.7. The summed E-state index contributed by atoms with van der Waals surface area (Å²) in [6.45, 7) is 9.39. The molecule has 7 nitrogen and oxygen atoms in total. The summed E-state index contributed by atoms with van der Waals surface area (Å²) in [7, 11) is 0. The predicted molar refractivity (Wildman–Crippen MR) is 124 cm³/mol. The average molecular weight is 441 g/mol. The molecule has 0 saturated carbocycles. The molecule has 0 aliphatic heterocycles. The molecule has 0 aliphatic rings. The summed E-state index contributed by atoms with van der Waals surface area (Å²) >= 11 is 0.